The monoisotopic (exact) mass is 696 g/mol. The molecule has 0 aliphatic heterocycles. The number of halogens is 2. The summed E-state index contributed by atoms with van der Waals surface area (Å²) in [5, 5.41) is 5.28. The van der Waals surface area contributed by atoms with Crippen LogP contribution in [0.3, 0.4) is 0 Å². The second-order valence-corrected chi connectivity index (χ2v) is 25.9. The van der Waals surface area contributed by atoms with Gasteiger partial charge in [-0.25, -0.2) is 0 Å². The molecule has 6 heteroatoms. The van der Waals surface area contributed by atoms with Crippen LogP contribution in [-0.4, -0.2) is 25.7 Å². The molecule has 0 aliphatic rings. The third-order valence-corrected chi connectivity index (χ3v) is 7.33. The van der Waals surface area contributed by atoms with Crippen molar-refractivity contribution in [2.24, 2.45) is 0 Å². The van der Waals surface area contributed by atoms with Crippen LogP contribution < -0.4 is 0 Å². The van der Waals surface area contributed by atoms with Crippen molar-refractivity contribution in [1.82, 2.24) is 0 Å². The molecule has 0 atom stereocenters. The van der Waals surface area contributed by atoms with Gasteiger partial charge in [-0.3, -0.25) is 0 Å². The summed E-state index contributed by atoms with van der Waals surface area (Å²) in [7, 11) is 8.37. The normalized spacial score (nSPS) is 10.3. The van der Waals surface area contributed by atoms with Crippen LogP contribution >= 0.6 is 17.0 Å². The summed E-state index contributed by atoms with van der Waals surface area (Å²) in [6, 6.07) is 21.9. The average Bonchev–Trinajstić information content (AvgIpc) is 3.51. The van der Waals surface area contributed by atoms with Crippen LogP contribution in [0.2, 0.25) is 52.4 Å². The number of rotatable bonds is 2. The average molecular weight is 699 g/mol. The second kappa shape index (κ2) is 18.4. The standard InChI is InChI=1S/2C16H19Si.C2H6Si.2ClH.Zr/c2*1-5-13-11-15-8-6-7-14(16(15)12-13)9-10-17(2,3)4;1-3-2;;;/h2*6-8,11-12H,5H2,1-4H3;1-2H3;2*1H;/q2*-1;;;;+4/p-2. The Morgan fingerprint density at radius 3 is 1.30 bits per heavy atom. The molecule has 0 fully saturated rings. The van der Waals surface area contributed by atoms with Crippen molar-refractivity contribution in [3.63, 3.8) is 0 Å². The van der Waals surface area contributed by atoms with E-state index in [1.54, 1.807) is 0 Å². The van der Waals surface area contributed by atoms with E-state index in [2.05, 4.69) is 150 Å². The van der Waals surface area contributed by atoms with Crippen LogP contribution in [0, 0.1) is 22.9 Å². The van der Waals surface area contributed by atoms with Crippen molar-refractivity contribution in [2.45, 2.75) is 79.1 Å². The zero-order valence-corrected chi connectivity index (χ0v) is 32.9. The Bertz CT molecular complexity index is 1330. The molecule has 0 heterocycles. The molecule has 0 saturated heterocycles. The molecule has 2 radical (unpaired) electrons. The Labute approximate surface area is 267 Å². The predicted molar refractivity (Wildman–Crippen MR) is 187 cm³/mol. The van der Waals surface area contributed by atoms with E-state index in [1.165, 1.54) is 43.8 Å². The Morgan fingerprint density at radius 2 is 1.02 bits per heavy atom. The van der Waals surface area contributed by atoms with Crippen molar-refractivity contribution >= 4 is 64.2 Å². The maximum atomic E-state index is 4.93. The molecule has 0 N–H and O–H groups in total. The molecule has 40 heavy (non-hydrogen) atoms. The van der Waals surface area contributed by atoms with E-state index in [9.17, 15) is 0 Å². The molecule has 0 bridgehead atoms. The SMILES string of the molecule is CCc1cc2c(C#C[Si](C)(C)C)cccc2[cH-]1.CCc1cc2c(C#C[Si](C)(C)C)cccc2[cH-]1.C[Si]C.[Cl][Zr+2][Cl]. The van der Waals surface area contributed by atoms with Gasteiger partial charge in [-0.15, -0.1) is 80.2 Å². The molecule has 0 nitrogen and oxygen atoms in total. The molecule has 4 aromatic carbocycles. The summed E-state index contributed by atoms with van der Waals surface area (Å²) in [5.74, 6) is 6.75. The zero-order valence-electron chi connectivity index (χ0n) is 25.9. The van der Waals surface area contributed by atoms with E-state index < -0.39 is 37.0 Å². The van der Waals surface area contributed by atoms with Crippen molar-refractivity contribution in [3.8, 4) is 22.9 Å². The van der Waals surface area contributed by atoms with Gasteiger partial charge in [-0.2, -0.15) is 12.1 Å². The minimum atomic E-state index is -1.29. The summed E-state index contributed by atoms with van der Waals surface area (Å²) < 4.78 is 0. The molecule has 4 aromatic rings. The summed E-state index contributed by atoms with van der Waals surface area (Å²) in [4.78, 5) is 0. The van der Waals surface area contributed by atoms with E-state index in [0.717, 1.165) is 22.4 Å². The van der Waals surface area contributed by atoms with Gasteiger partial charge in [0, 0.05) is 9.52 Å². The quantitative estimate of drug-likeness (QED) is 0.111. The summed E-state index contributed by atoms with van der Waals surface area (Å²) in [6.45, 7) is 22.4. The first-order valence-electron chi connectivity index (χ1n) is 13.8. The topological polar surface area (TPSA) is 0 Å². The molecule has 0 amide bonds. The van der Waals surface area contributed by atoms with Crippen LogP contribution in [0.25, 0.3) is 21.5 Å². The van der Waals surface area contributed by atoms with Gasteiger partial charge in [0.15, 0.2) is 0 Å². The number of hydrogen-bond acceptors (Lipinski definition) is 0. The molecule has 0 spiro atoms. The first-order valence-corrected chi connectivity index (χ1v) is 29.1. The fourth-order valence-electron chi connectivity index (χ4n) is 3.73. The third-order valence-electron chi connectivity index (χ3n) is 5.58. The van der Waals surface area contributed by atoms with Crippen molar-refractivity contribution in [2.75, 3.05) is 0 Å². The number of fused-ring (bicyclic) bond motifs is 2. The van der Waals surface area contributed by atoms with Crippen molar-refractivity contribution in [3.05, 3.63) is 82.9 Å². The number of aryl methyl sites for hydroxylation is 2. The fourth-order valence-corrected chi connectivity index (χ4v) is 4.75. The minimum absolute atomic E-state index is 0.826. The maximum absolute atomic E-state index is 4.93. The van der Waals surface area contributed by atoms with Gasteiger partial charge in [-0.05, 0) is 24.0 Å². The van der Waals surface area contributed by atoms with E-state index in [0.29, 0.717) is 0 Å². The number of hydrogen-bond donors (Lipinski definition) is 0. The van der Waals surface area contributed by atoms with Gasteiger partial charge < -0.3 is 0 Å². The van der Waals surface area contributed by atoms with E-state index >= 15 is 0 Å². The van der Waals surface area contributed by atoms with Gasteiger partial charge in [0.05, 0.1) is 0 Å². The zero-order chi connectivity index (χ0) is 30.3. The Balaban J connectivity index is 0.000000335. The predicted octanol–water partition coefficient (Wildman–Crippen LogP) is 10.9. The van der Waals surface area contributed by atoms with Gasteiger partial charge >= 0.3 is 37.9 Å². The molecule has 210 valence electrons. The molecule has 0 aliphatic carbocycles. The molecule has 0 aromatic heterocycles. The van der Waals surface area contributed by atoms with Crippen LogP contribution in [-0.2, 0) is 33.7 Å². The molecule has 0 unspecified atom stereocenters. The summed E-state index contributed by atoms with van der Waals surface area (Å²) in [6.07, 6.45) is 2.19. The summed E-state index contributed by atoms with van der Waals surface area (Å²) >= 11 is -0.826. The Morgan fingerprint density at radius 1 is 0.700 bits per heavy atom. The molecular formula is C34H44Cl2Si3Zr. The Hall–Kier alpha value is -1.11. The van der Waals surface area contributed by atoms with Gasteiger partial charge in [-0.1, -0.05) is 90.2 Å². The molecule has 0 saturated carbocycles. The van der Waals surface area contributed by atoms with Crippen LogP contribution in [0.5, 0.6) is 0 Å². The van der Waals surface area contributed by atoms with Gasteiger partial charge in [0.2, 0.25) is 0 Å². The number of benzene rings is 2. The van der Waals surface area contributed by atoms with Crippen molar-refractivity contribution in [1.29, 1.82) is 0 Å². The first-order chi connectivity index (χ1) is 18.8. The van der Waals surface area contributed by atoms with Crippen LogP contribution in [0.1, 0.15) is 36.1 Å². The van der Waals surface area contributed by atoms with Crippen LogP contribution in [0.4, 0.5) is 0 Å². The summed E-state index contributed by atoms with van der Waals surface area (Å²) in [5.41, 5.74) is 12.1. The van der Waals surface area contributed by atoms with E-state index in [-0.39, 0.29) is 0 Å². The van der Waals surface area contributed by atoms with Crippen LogP contribution in [0.15, 0.2) is 60.7 Å². The van der Waals surface area contributed by atoms with Crippen molar-refractivity contribution < 1.29 is 20.8 Å². The van der Waals surface area contributed by atoms with Gasteiger partial charge in [0.1, 0.15) is 16.1 Å². The fraction of sp³-hybridized carbons (Fsp3) is 0.353. The first kappa shape index (κ1) is 36.9. The second-order valence-electron chi connectivity index (χ2n) is 11.6. The molecule has 4 rings (SSSR count). The third kappa shape index (κ3) is 13.7. The van der Waals surface area contributed by atoms with E-state index in [1.807, 2.05) is 0 Å². The van der Waals surface area contributed by atoms with Gasteiger partial charge in [0.25, 0.3) is 0 Å². The van der Waals surface area contributed by atoms with E-state index in [4.69, 9.17) is 17.0 Å². The molecular weight excluding hydrogens is 655 g/mol. The Kier molecular flexibility index (Phi) is 17.0.